The lowest BCUT2D eigenvalue weighted by molar-refractivity contribution is -0.122. The lowest BCUT2D eigenvalue weighted by Gasteiger charge is -2.15. The molecule has 1 amide bonds. The summed E-state index contributed by atoms with van der Waals surface area (Å²) in [6.07, 6.45) is 0. The number of hydrogen-bond donors (Lipinski definition) is 2. The van der Waals surface area contributed by atoms with E-state index in [-0.39, 0.29) is 5.91 Å². The van der Waals surface area contributed by atoms with Crippen LogP contribution in [0.2, 0.25) is 0 Å². The summed E-state index contributed by atoms with van der Waals surface area (Å²) in [6.45, 7) is 5.33. The Morgan fingerprint density at radius 2 is 1.76 bits per heavy atom. The Morgan fingerprint density at radius 1 is 1.08 bits per heavy atom. The molecule has 1 atom stereocenters. The van der Waals surface area contributed by atoms with Crippen LogP contribution in [-0.4, -0.2) is 26.2 Å². The molecule has 25 heavy (non-hydrogen) atoms. The van der Waals surface area contributed by atoms with Gasteiger partial charge in [-0.05, 0) is 31.0 Å². The number of aryl methyl sites for hydroxylation is 2. The van der Waals surface area contributed by atoms with E-state index in [9.17, 15) is 4.79 Å². The van der Waals surface area contributed by atoms with Crippen molar-refractivity contribution in [2.75, 3.05) is 20.3 Å². The molecule has 5 heteroatoms. The fourth-order valence-corrected chi connectivity index (χ4v) is 2.39. The molecule has 5 nitrogen and oxygen atoms in total. The molecule has 0 aliphatic carbocycles. The summed E-state index contributed by atoms with van der Waals surface area (Å²) in [6, 6.07) is 12.9. The lowest BCUT2D eigenvalue weighted by Crippen LogP contribution is -2.33. The summed E-state index contributed by atoms with van der Waals surface area (Å²) in [5, 5.41) is 2.89. The average molecular weight is 342 g/mol. The number of ether oxygens (including phenoxy) is 2. The number of rotatable bonds is 8. The van der Waals surface area contributed by atoms with Gasteiger partial charge in [-0.15, -0.1) is 0 Å². The van der Waals surface area contributed by atoms with Crippen LogP contribution >= 0.6 is 0 Å². The standard InChI is InChI=1S/C20H26N2O3/c1-14-4-7-16(8-5-14)19(21)20(23)22-13-17-9-6-15(2)12-18(17)25-11-10-24-3/h4-9,12,19H,10-11,13,21H2,1-3H3,(H,22,23). The maximum Gasteiger partial charge on any atom is 0.241 e. The Hall–Kier alpha value is -2.37. The molecule has 3 N–H and O–H groups in total. The van der Waals surface area contributed by atoms with Crippen LogP contribution in [0.3, 0.4) is 0 Å². The van der Waals surface area contributed by atoms with Crippen molar-refractivity contribution in [2.24, 2.45) is 5.73 Å². The largest absolute Gasteiger partial charge is 0.491 e. The van der Waals surface area contributed by atoms with Gasteiger partial charge in [-0.25, -0.2) is 0 Å². The molecule has 0 radical (unpaired) electrons. The van der Waals surface area contributed by atoms with Crippen molar-refractivity contribution >= 4 is 5.91 Å². The van der Waals surface area contributed by atoms with Crippen molar-refractivity contribution < 1.29 is 14.3 Å². The zero-order chi connectivity index (χ0) is 18.2. The lowest BCUT2D eigenvalue weighted by atomic mass is 10.1. The molecular formula is C20H26N2O3. The van der Waals surface area contributed by atoms with Gasteiger partial charge in [-0.3, -0.25) is 4.79 Å². The van der Waals surface area contributed by atoms with Gasteiger partial charge in [0.1, 0.15) is 18.4 Å². The molecule has 134 valence electrons. The zero-order valence-electron chi connectivity index (χ0n) is 15.0. The molecule has 0 saturated carbocycles. The molecule has 0 bridgehead atoms. The molecule has 0 aromatic heterocycles. The predicted molar refractivity (Wildman–Crippen MR) is 98.5 cm³/mol. The first kappa shape index (κ1) is 19.0. The Kier molecular flexibility index (Phi) is 6.98. The minimum Gasteiger partial charge on any atom is -0.491 e. The van der Waals surface area contributed by atoms with Crippen molar-refractivity contribution in [3.63, 3.8) is 0 Å². The molecule has 0 aliphatic heterocycles. The predicted octanol–water partition coefficient (Wildman–Crippen LogP) is 2.64. The van der Waals surface area contributed by atoms with Crippen LogP contribution in [0.15, 0.2) is 42.5 Å². The van der Waals surface area contributed by atoms with E-state index >= 15 is 0 Å². The topological polar surface area (TPSA) is 73.6 Å². The van der Waals surface area contributed by atoms with E-state index in [1.807, 2.05) is 56.3 Å². The maximum atomic E-state index is 12.3. The van der Waals surface area contributed by atoms with Gasteiger partial charge in [0.05, 0.1) is 6.61 Å². The highest BCUT2D eigenvalue weighted by molar-refractivity contribution is 5.82. The number of nitrogens with one attached hydrogen (secondary N) is 1. The molecule has 2 aromatic carbocycles. The van der Waals surface area contributed by atoms with Gasteiger partial charge >= 0.3 is 0 Å². The van der Waals surface area contributed by atoms with Gasteiger partial charge in [0.15, 0.2) is 0 Å². The second-order valence-corrected chi connectivity index (χ2v) is 6.06. The van der Waals surface area contributed by atoms with E-state index in [1.165, 1.54) is 0 Å². The Balaban J connectivity index is 1.99. The highest BCUT2D eigenvalue weighted by Gasteiger charge is 2.16. The number of hydrogen-bond acceptors (Lipinski definition) is 4. The molecule has 2 rings (SSSR count). The first-order valence-electron chi connectivity index (χ1n) is 8.32. The van der Waals surface area contributed by atoms with E-state index < -0.39 is 6.04 Å². The molecule has 0 spiro atoms. The van der Waals surface area contributed by atoms with Gasteiger partial charge in [0.2, 0.25) is 5.91 Å². The third-order valence-corrected chi connectivity index (χ3v) is 3.94. The van der Waals surface area contributed by atoms with Crippen LogP contribution in [0.1, 0.15) is 28.3 Å². The fraction of sp³-hybridized carbons (Fsp3) is 0.350. The molecule has 1 unspecified atom stereocenters. The third-order valence-electron chi connectivity index (χ3n) is 3.94. The van der Waals surface area contributed by atoms with Crippen molar-refractivity contribution in [1.82, 2.24) is 5.32 Å². The van der Waals surface area contributed by atoms with Crippen LogP contribution in [0, 0.1) is 13.8 Å². The minimum absolute atomic E-state index is 0.215. The van der Waals surface area contributed by atoms with Gasteiger partial charge < -0.3 is 20.5 Å². The summed E-state index contributed by atoms with van der Waals surface area (Å²) in [5.41, 5.74) is 9.99. The maximum absolute atomic E-state index is 12.3. The number of nitrogens with two attached hydrogens (primary N) is 1. The summed E-state index contributed by atoms with van der Waals surface area (Å²) >= 11 is 0. The van der Waals surface area contributed by atoms with E-state index in [0.29, 0.717) is 19.8 Å². The normalized spacial score (nSPS) is 11.8. The fourth-order valence-electron chi connectivity index (χ4n) is 2.39. The number of benzene rings is 2. The van der Waals surface area contributed by atoms with E-state index in [1.54, 1.807) is 7.11 Å². The van der Waals surface area contributed by atoms with E-state index in [0.717, 1.165) is 28.0 Å². The van der Waals surface area contributed by atoms with Crippen molar-refractivity contribution in [2.45, 2.75) is 26.4 Å². The average Bonchev–Trinajstić information content (AvgIpc) is 2.61. The van der Waals surface area contributed by atoms with Crippen LogP contribution in [0.25, 0.3) is 0 Å². The SMILES string of the molecule is COCCOc1cc(C)ccc1CNC(=O)C(N)c1ccc(C)cc1. The highest BCUT2D eigenvalue weighted by atomic mass is 16.5. The second kappa shape index (κ2) is 9.20. The van der Waals surface area contributed by atoms with Gasteiger partial charge in [0, 0.05) is 19.2 Å². The summed E-state index contributed by atoms with van der Waals surface area (Å²) in [4.78, 5) is 12.3. The number of methoxy groups -OCH3 is 1. The Morgan fingerprint density at radius 3 is 2.44 bits per heavy atom. The smallest absolute Gasteiger partial charge is 0.241 e. The quantitative estimate of drug-likeness (QED) is 0.723. The summed E-state index contributed by atoms with van der Waals surface area (Å²) in [5.74, 6) is 0.536. The minimum atomic E-state index is -0.691. The Labute approximate surface area is 149 Å². The molecule has 0 saturated heterocycles. The van der Waals surface area contributed by atoms with Gasteiger partial charge in [-0.1, -0.05) is 42.0 Å². The van der Waals surface area contributed by atoms with Gasteiger partial charge in [0.25, 0.3) is 0 Å². The van der Waals surface area contributed by atoms with Crippen LogP contribution in [-0.2, 0) is 16.1 Å². The first-order chi connectivity index (χ1) is 12.0. The third kappa shape index (κ3) is 5.59. The van der Waals surface area contributed by atoms with Crippen LogP contribution in [0.4, 0.5) is 0 Å². The molecular weight excluding hydrogens is 316 g/mol. The van der Waals surface area contributed by atoms with Crippen molar-refractivity contribution in [3.05, 3.63) is 64.7 Å². The highest BCUT2D eigenvalue weighted by Crippen LogP contribution is 2.21. The molecule has 0 aliphatic rings. The molecule has 0 fully saturated rings. The summed E-state index contributed by atoms with van der Waals surface area (Å²) in [7, 11) is 1.63. The number of carbonyl (C=O) groups is 1. The second-order valence-electron chi connectivity index (χ2n) is 6.06. The van der Waals surface area contributed by atoms with Gasteiger partial charge in [-0.2, -0.15) is 0 Å². The van der Waals surface area contributed by atoms with E-state index in [4.69, 9.17) is 15.2 Å². The number of amides is 1. The zero-order valence-corrected chi connectivity index (χ0v) is 15.0. The van der Waals surface area contributed by atoms with Crippen molar-refractivity contribution in [1.29, 1.82) is 0 Å². The van der Waals surface area contributed by atoms with Crippen LogP contribution in [0.5, 0.6) is 5.75 Å². The van der Waals surface area contributed by atoms with Crippen molar-refractivity contribution in [3.8, 4) is 5.75 Å². The first-order valence-corrected chi connectivity index (χ1v) is 8.32. The summed E-state index contributed by atoms with van der Waals surface area (Å²) < 4.78 is 10.8. The monoisotopic (exact) mass is 342 g/mol. The molecule has 2 aromatic rings. The van der Waals surface area contributed by atoms with E-state index in [2.05, 4.69) is 5.32 Å². The van der Waals surface area contributed by atoms with Crippen LogP contribution < -0.4 is 15.8 Å². The Bertz CT molecular complexity index is 699. The number of carbonyl (C=O) groups excluding carboxylic acids is 1. The molecule has 0 heterocycles.